The van der Waals surface area contributed by atoms with Crippen molar-refractivity contribution in [3.05, 3.63) is 108 Å². The van der Waals surface area contributed by atoms with Crippen LogP contribution in [0, 0.1) is 18.3 Å². The molecular weight excluding hydrogens is 486 g/mol. The molecule has 0 radical (unpaired) electrons. The largest absolute Gasteiger partial charge is 0.454 e. The molecule has 0 fully saturated rings. The lowest BCUT2D eigenvalue weighted by atomic mass is 10.0. The predicted molar refractivity (Wildman–Crippen MR) is 151 cm³/mol. The third-order valence-corrected chi connectivity index (χ3v) is 7.10. The first-order chi connectivity index (χ1) is 19.2. The van der Waals surface area contributed by atoms with Crippen LogP contribution in [0.15, 0.2) is 91.4 Å². The highest BCUT2D eigenvalue weighted by molar-refractivity contribution is 5.98. The molecule has 1 aliphatic heterocycles. The van der Waals surface area contributed by atoms with Crippen LogP contribution >= 0.6 is 0 Å². The highest BCUT2D eigenvalue weighted by atomic mass is 16.7. The van der Waals surface area contributed by atoms with Crippen LogP contribution < -0.4 is 14.8 Å². The van der Waals surface area contributed by atoms with Gasteiger partial charge in [0.1, 0.15) is 11.7 Å². The first-order valence-electron chi connectivity index (χ1n) is 12.7. The van der Waals surface area contributed by atoms with E-state index in [1.54, 1.807) is 0 Å². The highest BCUT2D eigenvalue weighted by Crippen LogP contribution is 2.35. The number of para-hydroxylation sites is 1. The molecule has 0 atom stereocenters. The number of pyridine rings is 2. The Labute approximate surface area is 224 Å². The average molecular weight is 510 g/mol. The van der Waals surface area contributed by atoms with Crippen LogP contribution in [0.3, 0.4) is 0 Å². The lowest BCUT2D eigenvalue weighted by molar-refractivity contribution is 0.174. The van der Waals surface area contributed by atoms with Gasteiger partial charge >= 0.3 is 0 Å². The normalized spacial score (nSPS) is 12.1. The quantitative estimate of drug-likeness (QED) is 0.276. The maximum atomic E-state index is 9.77. The number of nitrogens with zero attached hydrogens (tertiary/aromatic N) is 4. The smallest absolute Gasteiger partial charge is 0.231 e. The molecule has 7 nitrogen and oxygen atoms in total. The van der Waals surface area contributed by atoms with Gasteiger partial charge in [-0.05, 0) is 72.1 Å². The van der Waals surface area contributed by atoms with Gasteiger partial charge in [-0.2, -0.15) is 5.26 Å². The Balaban J connectivity index is 1.26. The maximum Gasteiger partial charge on any atom is 0.231 e. The van der Waals surface area contributed by atoms with Crippen molar-refractivity contribution >= 4 is 27.6 Å². The van der Waals surface area contributed by atoms with Crippen molar-refractivity contribution < 1.29 is 9.47 Å². The summed E-state index contributed by atoms with van der Waals surface area (Å²) in [6.45, 7) is 2.88. The maximum absolute atomic E-state index is 9.77. The monoisotopic (exact) mass is 509 g/mol. The zero-order valence-electron chi connectivity index (χ0n) is 21.2. The molecule has 6 aromatic rings. The standard InChI is InChI=1S/C32H23N5O2/c1-20-18-37(32-31(20)26(10-11-34-32)24-13-22-4-2-3-5-27(22)36-17-24)25-8-7-23(15-33)28(14-25)35-16-21-6-9-29-30(12-21)39-19-38-29/h2-14,17-18,35H,16,19H2,1H3. The van der Waals surface area contributed by atoms with Crippen molar-refractivity contribution in [3.8, 4) is 34.4 Å². The summed E-state index contributed by atoms with van der Waals surface area (Å²) in [6.07, 6.45) is 5.86. The van der Waals surface area contributed by atoms with E-state index in [1.807, 2.05) is 73.1 Å². The van der Waals surface area contributed by atoms with Crippen molar-refractivity contribution in [1.29, 1.82) is 5.26 Å². The second-order valence-electron chi connectivity index (χ2n) is 9.54. The van der Waals surface area contributed by atoms with E-state index in [2.05, 4.69) is 46.2 Å². The predicted octanol–water partition coefficient (Wildman–Crippen LogP) is 6.76. The number of fused-ring (bicyclic) bond motifs is 3. The number of nitrogens with one attached hydrogen (secondary N) is 1. The van der Waals surface area contributed by atoms with Crippen LogP contribution in [0.2, 0.25) is 0 Å². The molecule has 0 saturated heterocycles. The van der Waals surface area contributed by atoms with E-state index < -0.39 is 0 Å². The molecule has 1 aliphatic rings. The van der Waals surface area contributed by atoms with Gasteiger partial charge in [-0.3, -0.25) is 4.98 Å². The molecule has 0 spiro atoms. The van der Waals surface area contributed by atoms with Gasteiger partial charge in [0.2, 0.25) is 6.79 Å². The van der Waals surface area contributed by atoms with Gasteiger partial charge in [0.25, 0.3) is 0 Å². The lowest BCUT2D eigenvalue weighted by Gasteiger charge is -2.12. The first-order valence-corrected chi connectivity index (χ1v) is 12.7. The first kappa shape index (κ1) is 22.8. The average Bonchev–Trinajstić information content (AvgIpc) is 3.59. The SMILES string of the molecule is Cc1cn(-c2ccc(C#N)c(NCc3ccc4c(c3)OCO4)c2)c2nccc(-c3cnc4ccccc4c3)c12. The second-order valence-corrected chi connectivity index (χ2v) is 9.54. The molecule has 188 valence electrons. The van der Waals surface area contributed by atoms with Crippen molar-refractivity contribution in [2.24, 2.45) is 0 Å². The van der Waals surface area contributed by atoms with Crippen LogP contribution in [0.1, 0.15) is 16.7 Å². The fraction of sp³-hybridized carbons (Fsp3) is 0.0938. The van der Waals surface area contributed by atoms with Gasteiger partial charge < -0.3 is 19.4 Å². The molecule has 0 saturated carbocycles. The van der Waals surface area contributed by atoms with Gasteiger partial charge in [0.15, 0.2) is 11.5 Å². The molecule has 39 heavy (non-hydrogen) atoms. The van der Waals surface area contributed by atoms with Gasteiger partial charge in [0, 0.05) is 47.2 Å². The number of nitriles is 1. The number of hydrogen-bond acceptors (Lipinski definition) is 6. The molecule has 7 heteroatoms. The van der Waals surface area contributed by atoms with Gasteiger partial charge in [-0.15, -0.1) is 0 Å². The Bertz CT molecular complexity index is 1940. The zero-order valence-corrected chi connectivity index (χ0v) is 21.2. The molecule has 3 aromatic heterocycles. The minimum Gasteiger partial charge on any atom is -0.454 e. The van der Waals surface area contributed by atoms with E-state index in [0.717, 1.165) is 67.1 Å². The molecule has 4 heterocycles. The van der Waals surface area contributed by atoms with E-state index in [-0.39, 0.29) is 6.79 Å². The summed E-state index contributed by atoms with van der Waals surface area (Å²) in [5, 5.41) is 15.4. The molecular formula is C32H23N5O2. The van der Waals surface area contributed by atoms with Crippen LogP contribution in [0.4, 0.5) is 5.69 Å². The molecule has 1 N–H and O–H groups in total. The number of hydrogen-bond donors (Lipinski definition) is 1. The fourth-order valence-electron chi connectivity index (χ4n) is 5.17. The number of rotatable bonds is 5. The summed E-state index contributed by atoms with van der Waals surface area (Å²) in [4.78, 5) is 9.43. The minimum atomic E-state index is 0.240. The van der Waals surface area contributed by atoms with Crippen molar-refractivity contribution in [2.75, 3.05) is 12.1 Å². The summed E-state index contributed by atoms with van der Waals surface area (Å²) in [7, 11) is 0. The molecule has 0 unspecified atom stereocenters. The lowest BCUT2D eigenvalue weighted by Crippen LogP contribution is -2.03. The number of aryl methyl sites for hydroxylation is 1. The van der Waals surface area contributed by atoms with E-state index >= 15 is 0 Å². The molecule has 0 amide bonds. The Morgan fingerprint density at radius 1 is 0.974 bits per heavy atom. The highest BCUT2D eigenvalue weighted by Gasteiger charge is 2.16. The second kappa shape index (κ2) is 9.19. The molecule has 7 rings (SSSR count). The fourth-order valence-corrected chi connectivity index (χ4v) is 5.17. The topological polar surface area (TPSA) is 85.0 Å². The Morgan fingerprint density at radius 3 is 2.79 bits per heavy atom. The molecule has 0 bridgehead atoms. The molecule has 3 aromatic carbocycles. The summed E-state index contributed by atoms with van der Waals surface area (Å²) in [5.74, 6) is 1.49. The van der Waals surface area contributed by atoms with Crippen LogP contribution in [-0.4, -0.2) is 21.3 Å². The van der Waals surface area contributed by atoms with E-state index in [4.69, 9.17) is 14.5 Å². The van der Waals surface area contributed by atoms with Crippen LogP contribution in [-0.2, 0) is 6.54 Å². The van der Waals surface area contributed by atoms with Gasteiger partial charge in [0.05, 0.1) is 16.8 Å². The summed E-state index contributed by atoms with van der Waals surface area (Å²) < 4.78 is 13.0. The minimum absolute atomic E-state index is 0.240. The number of benzene rings is 3. The Hall–Kier alpha value is -5.35. The van der Waals surface area contributed by atoms with Crippen molar-refractivity contribution in [2.45, 2.75) is 13.5 Å². The number of ether oxygens (including phenoxy) is 2. The van der Waals surface area contributed by atoms with Crippen LogP contribution in [0.5, 0.6) is 11.5 Å². The number of aromatic nitrogens is 3. The summed E-state index contributed by atoms with van der Waals surface area (Å²) in [5.41, 5.74) is 8.35. The summed E-state index contributed by atoms with van der Waals surface area (Å²) in [6, 6.07) is 26.3. The summed E-state index contributed by atoms with van der Waals surface area (Å²) >= 11 is 0. The Kier molecular flexibility index (Phi) is 5.38. The molecule has 0 aliphatic carbocycles. The third-order valence-electron chi connectivity index (χ3n) is 7.10. The van der Waals surface area contributed by atoms with Gasteiger partial charge in [-0.25, -0.2) is 4.98 Å². The van der Waals surface area contributed by atoms with E-state index in [0.29, 0.717) is 12.1 Å². The van der Waals surface area contributed by atoms with Crippen molar-refractivity contribution in [3.63, 3.8) is 0 Å². The Morgan fingerprint density at radius 2 is 1.87 bits per heavy atom. The van der Waals surface area contributed by atoms with Crippen molar-refractivity contribution in [1.82, 2.24) is 14.5 Å². The van der Waals surface area contributed by atoms with Crippen LogP contribution in [0.25, 0.3) is 38.8 Å². The van der Waals surface area contributed by atoms with E-state index in [1.165, 1.54) is 0 Å². The third kappa shape index (κ3) is 3.99. The number of anilines is 1. The van der Waals surface area contributed by atoms with Gasteiger partial charge in [-0.1, -0.05) is 24.3 Å². The zero-order chi connectivity index (χ0) is 26.3. The van der Waals surface area contributed by atoms with E-state index in [9.17, 15) is 5.26 Å².